The highest BCUT2D eigenvalue weighted by molar-refractivity contribution is 5.95. The average molecular weight is 412 g/mol. The van der Waals surface area contributed by atoms with Crippen molar-refractivity contribution in [2.75, 3.05) is 19.7 Å². The van der Waals surface area contributed by atoms with Gasteiger partial charge in [-0.15, -0.1) is 0 Å². The van der Waals surface area contributed by atoms with E-state index in [1.165, 1.54) is 32.1 Å². The molecule has 2 aliphatic carbocycles. The zero-order valence-electron chi connectivity index (χ0n) is 18.0. The molecule has 0 N–H and O–H groups in total. The van der Waals surface area contributed by atoms with Gasteiger partial charge in [-0.25, -0.2) is 0 Å². The maximum Gasteiger partial charge on any atom is 0.255 e. The fourth-order valence-corrected chi connectivity index (χ4v) is 5.78. The Hall–Kier alpha value is -1.95. The Kier molecular flexibility index (Phi) is 5.30. The highest BCUT2D eigenvalue weighted by Crippen LogP contribution is 2.48. The minimum absolute atomic E-state index is 0.0620. The minimum atomic E-state index is -0.226. The lowest BCUT2D eigenvalue weighted by Crippen LogP contribution is -2.78. The Labute approximate surface area is 179 Å². The predicted molar refractivity (Wildman–Crippen MR) is 113 cm³/mol. The quantitative estimate of drug-likeness (QED) is 0.697. The molecule has 1 unspecified atom stereocenters. The largest absolute Gasteiger partial charge is 0.366 e. The topological polar surface area (TPSA) is 62.7 Å². The van der Waals surface area contributed by atoms with Gasteiger partial charge in [0.25, 0.3) is 11.8 Å². The summed E-state index contributed by atoms with van der Waals surface area (Å²) in [5.74, 6) is 0.940. The molecule has 0 bridgehead atoms. The Morgan fingerprint density at radius 3 is 2.57 bits per heavy atom. The van der Waals surface area contributed by atoms with E-state index >= 15 is 0 Å². The van der Waals surface area contributed by atoms with E-state index in [0.29, 0.717) is 24.6 Å². The Morgan fingerprint density at radius 1 is 1.17 bits per heavy atom. The molecule has 5 rings (SSSR count). The molecule has 30 heavy (non-hydrogen) atoms. The van der Waals surface area contributed by atoms with Crippen LogP contribution in [0.15, 0.2) is 18.5 Å². The van der Waals surface area contributed by atoms with E-state index in [4.69, 9.17) is 4.74 Å². The van der Waals surface area contributed by atoms with Gasteiger partial charge in [-0.05, 0) is 63.0 Å². The molecule has 2 aliphatic heterocycles. The second-order valence-electron chi connectivity index (χ2n) is 9.74. The number of aryl methyl sites for hydroxylation is 1. The average Bonchev–Trinajstić information content (AvgIpc) is 3.59. The van der Waals surface area contributed by atoms with Gasteiger partial charge in [0.1, 0.15) is 0 Å². The summed E-state index contributed by atoms with van der Waals surface area (Å²) in [5.41, 5.74) is 1.57. The summed E-state index contributed by atoms with van der Waals surface area (Å²) in [6.07, 6.45) is 13.1. The summed E-state index contributed by atoms with van der Waals surface area (Å²) < 4.78 is 6.20. The second kappa shape index (κ2) is 7.95. The van der Waals surface area contributed by atoms with Crippen LogP contribution < -0.4 is 0 Å². The van der Waals surface area contributed by atoms with Crippen molar-refractivity contribution in [2.24, 2.45) is 5.92 Å². The smallest absolute Gasteiger partial charge is 0.255 e. The predicted octanol–water partition coefficient (Wildman–Crippen LogP) is 3.33. The van der Waals surface area contributed by atoms with Crippen molar-refractivity contribution in [1.29, 1.82) is 0 Å². The van der Waals surface area contributed by atoms with Crippen LogP contribution in [-0.4, -0.2) is 64.0 Å². The first-order chi connectivity index (χ1) is 14.6. The van der Waals surface area contributed by atoms with E-state index in [-0.39, 0.29) is 29.5 Å². The van der Waals surface area contributed by atoms with Gasteiger partial charge in [-0.2, -0.15) is 0 Å². The van der Waals surface area contributed by atoms with Crippen molar-refractivity contribution in [3.8, 4) is 0 Å². The third-order valence-electron chi connectivity index (χ3n) is 7.73. The van der Waals surface area contributed by atoms with E-state index in [1.54, 1.807) is 12.4 Å². The third kappa shape index (κ3) is 3.43. The normalized spacial score (nSPS) is 26.7. The lowest BCUT2D eigenvalue weighted by atomic mass is 9.68. The molecule has 4 fully saturated rings. The highest BCUT2D eigenvalue weighted by atomic mass is 16.5. The first-order valence-electron chi connectivity index (χ1n) is 11.7. The number of nitrogens with zero attached hydrogens (tertiary/aromatic N) is 3. The van der Waals surface area contributed by atoms with E-state index < -0.39 is 0 Å². The molecule has 1 spiro atoms. The molecule has 4 aliphatic rings. The summed E-state index contributed by atoms with van der Waals surface area (Å²) in [6, 6.07) is 2.11. The van der Waals surface area contributed by atoms with Crippen molar-refractivity contribution in [3.63, 3.8) is 0 Å². The van der Waals surface area contributed by atoms with Crippen LogP contribution in [0.1, 0.15) is 73.7 Å². The van der Waals surface area contributed by atoms with Gasteiger partial charge in [-0.3, -0.25) is 14.6 Å². The zero-order valence-corrected chi connectivity index (χ0v) is 18.0. The number of aromatic nitrogens is 1. The number of piperidine rings is 1. The number of hydrogen-bond donors (Lipinski definition) is 0. The van der Waals surface area contributed by atoms with Crippen LogP contribution >= 0.6 is 0 Å². The Morgan fingerprint density at radius 2 is 1.90 bits per heavy atom. The van der Waals surface area contributed by atoms with Crippen LogP contribution in [0.4, 0.5) is 0 Å². The van der Waals surface area contributed by atoms with Crippen LogP contribution in [0.3, 0.4) is 0 Å². The van der Waals surface area contributed by atoms with Crippen molar-refractivity contribution >= 4 is 11.8 Å². The van der Waals surface area contributed by atoms with Crippen LogP contribution in [0.25, 0.3) is 0 Å². The van der Waals surface area contributed by atoms with Gasteiger partial charge in [-0.1, -0.05) is 19.3 Å². The number of hydrogen-bond acceptors (Lipinski definition) is 4. The van der Waals surface area contributed by atoms with Gasteiger partial charge in [0, 0.05) is 31.5 Å². The molecule has 0 radical (unpaired) electrons. The summed E-state index contributed by atoms with van der Waals surface area (Å²) in [4.78, 5) is 34.3. The van der Waals surface area contributed by atoms with E-state index in [1.807, 2.05) is 17.9 Å². The van der Waals surface area contributed by atoms with Gasteiger partial charge >= 0.3 is 0 Å². The van der Waals surface area contributed by atoms with Crippen LogP contribution in [0.2, 0.25) is 0 Å². The molecular formula is C24H33N3O3. The maximum absolute atomic E-state index is 13.2. The highest BCUT2D eigenvalue weighted by Gasteiger charge is 2.62. The lowest BCUT2D eigenvalue weighted by molar-refractivity contribution is -0.211. The molecule has 2 saturated carbocycles. The first-order valence-corrected chi connectivity index (χ1v) is 11.7. The number of likely N-dealkylation sites (tertiary alicyclic amines) is 2. The summed E-state index contributed by atoms with van der Waals surface area (Å²) >= 11 is 0. The van der Waals surface area contributed by atoms with Crippen LogP contribution in [0.5, 0.6) is 0 Å². The van der Waals surface area contributed by atoms with Crippen LogP contribution in [-0.2, 0) is 9.53 Å². The molecule has 1 aromatic heterocycles. The van der Waals surface area contributed by atoms with E-state index in [9.17, 15) is 9.59 Å². The number of amides is 2. The SMILES string of the molecule is Cc1ccncc1C(=O)N1CCC(N2C(=O)C(OCC3CC3)C23CCCCC3)CC1. The van der Waals surface area contributed by atoms with E-state index in [2.05, 4.69) is 9.88 Å². The fraction of sp³-hybridized carbons (Fsp3) is 0.708. The van der Waals surface area contributed by atoms with E-state index in [0.717, 1.165) is 37.9 Å². The molecule has 2 amide bonds. The maximum atomic E-state index is 13.2. The molecule has 2 saturated heterocycles. The number of pyridine rings is 1. The third-order valence-corrected chi connectivity index (χ3v) is 7.73. The summed E-state index contributed by atoms with van der Waals surface area (Å²) in [7, 11) is 0. The van der Waals surface area contributed by atoms with Crippen molar-refractivity contribution in [2.45, 2.75) is 82.4 Å². The molecular weight excluding hydrogens is 378 g/mol. The first kappa shape index (κ1) is 20.0. The number of carbonyl (C=O) groups excluding carboxylic acids is 2. The molecule has 6 heteroatoms. The number of carbonyl (C=O) groups is 2. The number of ether oxygens (including phenoxy) is 1. The summed E-state index contributed by atoms with van der Waals surface area (Å²) in [6.45, 7) is 4.11. The fourth-order valence-electron chi connectivity index (χ4n) is 5.78. The Balaban J connectivity index is 1.25. The lowest BCUT2D eigenvalue weighted by Gasteiger charge is -2.62. The van der Waals surface area contributed by atoms with Gasteiger partial charge < -0.3 is 14.5 Å². The number of rotatable bonds is 5. The molecule has 162 valence electrons. The minimum Gasteiger partial charge on any atom is -0.366 e. The monoisotopic (exact) mass is 411 g/mol. The van der Waals surface area contributed by atoms with Crippen molar-refractivity contribution in [3.05, 3.63) is 29.6 Å². The van der Waals surface area contributed by atoms with Crippen LogP contribution in [0, 0.1) is 12.8 Å². The van der Waals surface area contributed by atoms with Gasteiger partial charge in [0.15, 0.2) is 6.10 Å². The second-order valence-corrected chi connectivity index (χ2v) is 9.74. The van der Waals surface area contributed by atoms with Gasteiger partial charge in [0.05, 0.1) is 17.7 Å². The van der Waals surface area contributed by atoms with Crippen molar-refractivity contribution in [1.82, 2.24) is 14.8 Å². The zero-order chi connectivity index (χ0) is 20.7. The standard InChI is InChI=1S/C24H33N3O3/c1-17-7-12-25-15-20(17)22(28)26-13-8-19(9-14-26)27-23(29)21(30-16-18-5-6-18)24(27)10-3-2-4-11-24/h7,12,15,18-19,21H,2-6,8-11,13-14,16H2,1H3. The molecule has 3 heterocycles. The molecule has 0 aromatic carbocycles. The summed E-state index contributed by atoms with van der Waals surface area (Å²) in [5, 5.41) is 0. The van der Waals surface area contributed by atoms with Crippen molar-refractivity contribution < 1.29 is 14.3 Å². The molecule has 6 nitrogen and oxygen atoms in total. The number of β-lactam (4-membered cyclic amide) rings is 1. The molecule has 1 atom stereocenters. The Bertz CT molecular complexity index is 808. The molecule has 1 aromatic rings. The van der Waals surface area contributed by atoms with Gasteiger partial charge in [0.2, 0.25) is 0 Å².